The Balaban J connectivity index is 2.46. The average Bonchev–Trinajstić information content (AvgIpc) is 2.43. The van der Waals surface area contributed by atoms with Gasteiger partial charge in [0.1, 0.15) is 11.5 Å². The third kappa shape index (κ3) is 2.72. The summed E-state index contributed by atoms with van der Waals surface area (Å²) < 4.78 is 37.5. The number of nitrogens with two attached hydrogens (primary N) is 1. The van der Waals surface area contributed by atoms with Crippen LogP contribution < -0.4 is 15.2 Å². The number of rotatable bonds is 4. The minimum Gasteiger partial charge on any atom is -0.496 e. The molecule has 0 saturated carbocycles. The summed E-state index contributed by atoms with van der Waals surface area (Å²) in [6.07, 6.45) is 0. The molecule has 0 heterocycles. The van der Waals surface area contributed by atoms with Crippen molar-refractivity contribution in [2.24, 2.45) is 5.73 Å². The van der Waals surface area contributed by atoms with E-state index in [-0.39, 0.29) is 11.8 Å². The van der Waals surface area contributed by atoms with Crippen molar-refractivity contribution in [3.05, 3.63) is 53.6 Å². The van der Waals surface area contributed by atoms with Gasteiger partial charge in [0.25, 0.3) is 0 Å². The Morgan fingerprint density at radius 2 is 1.60 bits per heavy atom. The van der Waals surface area contributed by atoms with Crippen LogP contribution in [0.2, 0.25) is 0 Å². The minimum absolute atomic E-state index is 0.194. The molecule has 0 amide bonds. The summed E-state index contributed by atoms with van der Waals surface area (Å²) in [6, 6.07) is 8.43. The fourth-order valence-electron chi connectivity index (χ4n) is 1.92. The van der Waals surface area contributed by atoms with E-state index in [2.05, 4.69) is 0 Å². The Hall–Kier alpha value is -2.14. The third-order valence-electron chi connectivity index (χ3n) is 2.84. The first-order valence-corrected chi connectivity index (χ1v) is 6.09. The van der Waals surface area contributed by atoms with Gasteiger partial charge < -0.3 is 15.2 Å². The molecule has 0 radical (unpaired) electrons. The molecule has 5 heteroatoms. The van der Waals surface area contributed by atoms with Crippen LogP contribution in [0, 0.1) is 11.6 Å². The van der Waals surface area contributed by atoms with Gasteiger partial charge in [-0.1, -0.05) is 12.1 Å². The standard InChI is InChI=1S/C15H15F2NO2/c1-9(18)14-11(19-2)6-4-7-12(14)20-13-8-3-5-10(16)15(13)17/h3-9H,18H2,1-2H3/t9-/m0/s1. The van der Waals surface area contributed by atoms with Crippen LogP contribution in [0.5, 0.6) is 17.2 Å². The molecule has 0 fully saturated rings. The van der Waals surface area contributed by atoms with Crippen LogP contribution in [-0.4, -0.2) is 7.11 Å². The van der Waals surface area contributed by atoms with Crippen LogP contribution in [0.3, 0.4) is 0 Å². The van der Waals surface area contributed by atoms with E-state index in [0.717, 1.165) is 6.07 Å². The molecule has 0 aliphatic heterocycles. The first kappa shape index (κ1) is 14.3. The minimum atomic E-state index is -1.04. The third-order valence-corrected chi connectivity index (χ3v) is 2.84. The van der Waals surface area contributed by atoms with E-state index in [1.54, 1.807) is 25.1 Å². The number of hydrogen-bond donors (Lipinski definition) is 1. The number of halogens is 2. The van der Waals surface area contributed by atoms with Crippen LogP contribution >= 0.6 is 0 Å². The molecular weight excluding hydrogens is 264 g/mol. The van der Waals surface area contributed by atoms with E-state index >= 15 is 0 Å². The Bertz CT molecular complexity index is 615. The topological polar surface area (TPSA) is 44.5 Å². The van der Waals surface area contributed by atoms with Gasteiger partial charge in [-0.2, -0.15) is 4.39 Å². The van der Waals surface area contributed by atoms with Crippen LogP contribution in [0.15, 0.2) is 36.4 Å². The number of hydrogen-bond acceptors (Lipinski definition) is 3. The van der Waals surface area contributed by atoms with Gasteiger partial charge in [0.2, 0.25) is 5.82 Å². The molecule has 0 saturated heterocycles. The Morgan fingerprint density at radius 3 is 2.25 bits per heavy atom. The fraction of sp³-hybridized carbons (Fsp3) is 0.200. The van der Waals surface area contributed by atoms with Crippen LogP contribution in [0.1, 0.15) is 18.5 Å². The molecule has 0 unspecified atom stereocenters. The lowest BCUT2D eigenvalue weighted by molar-refractivity contribution is 0.387. The van der Waals surface area contributed by atoms with Gasteiger partial charge in [-0.3, -0.25) is 0 Å². The van der Waals surface area contributed by atoms with Crippen LogP contribution in [0.25, 0.3) is 0 Å². The van der Waals surface area contributed by atoms with Crippen molar-refractivity contribution < 1.29 is 18.3 Å². The van der Waals surface area contributed by atoms with Gasteiger partial charge in [-0.15, -0.1) is 0 Å². The van der Waals surface area contributed by atoms with E-state index in [9.17, 15) is 8.78 Å². The van der Waals surface area contributed by atoms with Crippen LogP contribution in [0.4, 0.5) is 8.78 Å². The van der Waals surface area contributed by atoms with Gasteiger partial charge in [0, 0.05) is 6.04 Å². The van der Waals surface area contributed by atoms with Gasteiger partial charge in [0.15, 0.2) is 11.6 Å². The van der Waals surface area contributed by atoms with E-state index in [1.807, 2.05) is 0 Å². The first-order chi connectivity index (χ1) is 9.54. The lowest BCUT2D eigenvalue weighted by atomic mass is 10.1. The second-order valence-electron chi connectivity index (χ2n) is 4.31. The lowest BCUT2D eigenvalue weighted by Crippen LogP contribution is -2.09. The van der Waals surface area contributed by atoms with Crippen molar-refractivity contribution in [1.29, 1.82) is 0 Å². The summed E-state index contributed by atoms with van der Waals surface area (Å²) in [5, 5.41) is 0. The summed E-state index contributed by atoms with van der Waals surface area (Å²) >= 11 is 0. The van der Waals surface area contributed by atoms with Crippen molar-refractivity contribution in [3.63, 3.8) is 0 Å². The highest BCUT2D eigenvalue weighted by Gasteiger charge is 2.17. The summed E-state index contributed by atoms with van der Waals surface area (Å²) in [7, 11) is 1.51. The number of methoxy groups -OCH3 is 1. The van der Waals surface area contributed by atoms with Gasteiger partial charge in [-0.25, -0.2) is 4.39 Å². The highest BCUT2D eigenvalue weighted by molar-refractivity contribution is 5.48. The molecule has 2 aromatic rings. The van der Waals surface area contributed by atoms with Crippen LogP contribution in [-0.2, 0) is 0 Å². The summed E-state index contributed by atoms with van der Waals surface area (Å²) in [5.74, 6) is -1.32. The Kier molecular flexibility index (Phi) is 4.20. The monoisotopic (exact) mass is 279 g/mol. The predicted octanol–water partition coefficient (Wildman–Crippen LogP) is 3.79. The second-order valence-corrected chi connectivity index (χ2v) is 4.31. The van der Waals surface area contributed by atoms with Crippen molar-refractivity contribution in [2.45, 2.75) is 13.0 Å². The van der Waals surface area contributed by atoms with E-state index < -0.39 is 11.6 Å². The zero-order chi connectivity index (χ0) is 14.7. The molecule has 0 aromatic heterocycles. The normalized spacial score (nSPS) is 12.1. The summed E-state index contributed by atoms with van der Waals surface area (Å²) in [6.45, 7) is 1.76. The maximum atomic E-state index is 13.6. The zero-order valence-corrected chi connectivity index (χ0v) is 11.2. The molecule has 106 valence electrons. The molecule has 0 aliphatic carbocycles. The summed E-state index contributed by atoms with van der Waals surface area (Å²) in [5.41, 5.74) is 6.48. The highest BCUT2D eigenvalue weighted by atomic mass is 19.2. The van der Waals surface area contributed by atoms with E-state index in [0.29, 0.717) is 17.1 Å². The largest absolute Gasteiger partial charge is 0.496 e. The van der Waals surface area contributed by atoms with Crippen molar-refractivity contribution >= 4 is 0 Å². The average molecular weight is 279 g/mol. The molecule has 0 spiro atoms. The molecule has 1 atom stereocenters. The quantitative estimate of drug-likeness (QED) is 0.926. The zero-order valence-electron chi connectivity index (χ0n) is 11.2. The fourth-order valence-corrected chi connectivity index (χ4v) is 1.92. The van der Waals surface area contributed by atoms with Gasteiger partial charge in [-0.05, 0) is 31.2 Å². The Labute approximate surface area is 115 Å². The molecule has 2 aromatic carbocycles. The van der Waals surface area contributed by atoms with E-state index in [4.69, 9.17) is 15.2 Å². The van der Waals surface area contributed by atoms with Crippen molar-refractivity contribution in [2.75, 3.05) is 7.11 Å². The predicted molar refractivity (Wildman–Crippen MR) is 72.0 cm³/mol. The van der Waals surface area contributed by atoms with Crippen molar-refractivity contribution in [3.8, 4) is 17.2 Å². The Morgan fingerprint density at radius 1 is 1.00 bits per heavy atom. The maximum absolute atomic E-state index is 13.6. The summed E-state index contributed by atoms with van der Waals surface area (Å²) in [4.78, 5) is 0. The lowest BCUT2D eigenvalue weighted by Gasteiger charge is -2.17. The first-order valence-electron chi connectivity index (χ1n) is 6.09. The molecule has 20 heavy (non-hydrogen) atoms. The molecular formula is C15H15F2NO2. The van der Waals surface area contributed by atoms with E-state index in [1.165, 1.54) is 19.2 Å². The molecule has 2 N–H and O–H groups in total. The molecule has 2 rings (SSSR count). The highest BCUT2D eigenvalue weighted by Crippen LogP contribution is 2.36. The number of benzene rings is 2. The molecule has 3 nitrogen and oxygen atoms in total. The van der Waals surface area contributed by atoms with Gasteiger partial charge >= 0.3 is 0 Å². The molecule has 0 aliphatic rings. The van der Waals surface area contributed by atoms with Crippen molar-refractivity contribution in [1.82, 2.24) is 0 Å². The smallest absolute Gasteiger partial charge is 0.201 e. The second kappa shape index (κ2) is 5.88. The maximum Gasteiger partial charge on any atom is 0.201 e. The SMILES string of the molecule is COc1cccc(Oc2cccc(F)c2F)c1[C@H](C)N. The molecule has 0 bridgehead atoms. The number of ether oxygens (including phenoxy) is 2. The van der Waals surface area contributed by atoms with Gasteiger partial charge in [0.05, 0.1) is 12.7 Å².